The molecular formula is C20H17F3N2O3S2. The average molecular weight is 454 g/mol. The van der Waals surface area contributed by atoms with Gasteiger partial charge >= 0.3 is 6.18 Å². The summed E-state index contributed by atoms with van der Waals surface area (Å²) >= 11 is 1.17. The molecule has 1 heterocycles. The third kappa shape index (κ3) is 6.14. The molecule has 5 nitrogen and oxygen atoms in total. The van der Waals surface area contributed by atoms with E-state index in [-0.39, 0.29) is 12.2 Å². The Morgan fingerprint density at radius 2 is 1.80 bits per heavy atom. The molecule has 0 fully saturated rings. The van der Waals surface area contributed by atoms with Crippen molar-refractivity contribution in [2.75, 3.05) is 11.6 Å². The van der Waals surface area contributed by atoms with Crippen LogP contribution in [0, 0.1) is 0 Å². The number of alkyl halides is 3. The van der Waals surface area contributed by atoms with Crippen LogP contribution in [0.1, 0.15) is 31.9 Å². The smallest absolute Gasteiger partial charge is 0.298 e. The zero-order chi connectivity index (χ0) is 21.9. The Labute approximate surface area is 175 Å². The van der Waals surface area contributed by atoms with Crippen molar-refractivity contribution < 1.29 is 26.4 Å². The summed E-state index contributed by atoms with van der Waals surface area (Å²) < 4.78 is 61.1. The fraction of sp³-hybridized carbons (Fsp3) is 0.200. The van der Waals surface area contributed by atoms with E-state index < -0.39 is 27.5 Å². The van der Waals surface area contributed by atoms with Gasteiger partial charge in [0.15, 0.2) is 15.0 Å². The molecule has 3 rings (SSSR count). The lowest BCUT2D eigenvalue weighted by molar-refractivity contribution is -0.137. The van der Waals surface area contributed by atoms with Gasteiger partial charge < -0.3 is 0 Å². The standard InChI is InChI=1S/C20H17F3N2O3S2/c1-30(27,28)12-13-5-7-15(8-6-13)18(26)25-19-24-11-17(29-19)10-14-3-2-4-16(9-14)20(21,22)23/h2-9,11H,10,12H2,1H3,(H,24,25,26). The van der Waals surface area contributed by atoms with Crippen LogP contribution >= 0.6 is 11.3 Å². The number of carbonyl (C=O) groups is 1. The largest absolute Gasteiger partial charge is 0.416 e. The molecule has 10 heteroatoms. The molecule has 0 saturated carbocycles. The molecule has 0 bridgehead atoms. The number of thiazole rings is 1. The summed E-state index contributed by atoms with van der Waals surface area (Å²) in [4.78, 5) is 17.1. The van der Waals surface area contributed by atoms with Crippen molar-refractivity contribution in [2.45, 2.75) is 18.3 Å². The number of benzene rings is 2. The van der Waals surface area contributed by atoms with Gasteiger partial charge in [-0.05, 0) is 29.3 Å². The topological polar surface area (TPSA) is 76.1 Å². The third-order valence-electron chi connectivity index (χ3n) is 4.05. The summed E-state index contributed by atoms with van der Waals surface area (Å²) in [6.07, 6.45) is -1.50. The van der Waals surface area contributed by atoms with Gasteiger partial charge in [-0.3, -0.25) is 10.1 Å². The zero-order valence-corrected chi connectivity index (χ0v) is 17.4. The van der Waals surface area contributed by atoms with E-state index in [9.17, 15) is 26.4 Å². The van der Waals surface area contributed by atoms with Gasteiger partial charge in [0.05, 0.1) is 11.3 Å². The lowest BCUT2D eigenvalue weighted by atomic mass is 10.1. The summed E-state index contributed by atoms with van der Waals surface area (Å²) in [5.41, 5.74) is 0.693. The van der Waals surface area contributed by atoms with Gasteiger partial charge in [-0.2, -0.15) is 13.2 Å². The minimum absolute atomic E-state index is 0.111. The van der Waals surface area contributed by atoms with Crippen molar-refractivity contribution >= 4 is 32.2 Å². The molecule has 0 saturated heterocycles. The molecule has 0 unspecified atom stereocenters. The van der Waals surface area contributed by atoms with Crippen molar-refractivity contribution in [3.8, 4) is 0 Å². The van der Waals surface area contributed by atoms with Crippen LogP contribution < -0.4 is 5.32 Å². The van der Waals surface area contributed by atoms with E-state index in [1.807, 2.05) is 0 Å². The van der Waals surface area contributed by atoms with Crippen LogP contribution in [0.5, 0.6) is 0 Å². The Balaban J connectivity index is 1.65. The highest BCUT2D eigenvalue weighted by molar-refractivity contribution is 7.89. The lowest BCUT2D eigenvalue weighted by Crippen LogP contribution is -2.11. The van der Waals surface area contributed by atoms with Gasteiger partial charge in [-0.1, -0.05) is 30.3 Å². The van der Waals surface area contributed by atoms with E-state index in [1.54, 1.807) is 18.2 Å². The van der Waals surface area contributed by atoms with Crippen molar-refractivity contribution in [2.24, 2.45) is 0 Å². The number of rotatable bonds is 6. The van der Waals surface area contributed by atoms with Crippen LogP contribution in [0.2, 0.25) is 0 Å². The van der Waals surface area contributed by atoms with E-state index in [0.29, 0.717) is 26.7 Å². The van der Waals surface area contributed by atoms with Crippen LogP contribution in [-0.4, -0.2) is 25.6 Å². The number of sulfone groups is 1. The molecule has 0 spiro atoms. The molecule has 3 aromatic rings. The van der Waals surface area contributed by atoms with Crippen molar-refractivity contribution in [1.82, 2.24) is 4.98 Å². The highest BCUT2D eigenvalue weighted by atomic mass is 32.2. The van der Waals surface area contributed by atoms with Gasteiger partial charge in [-0.15, -0.1) is 11.3 Å². The van der Waals surface area contributed by atoms with Gasteiger partial charge in [0, 0.05) is 29.3 Å². The fourth-order valence-corrected chi connectivity index (χ4v) is 4.37. The first-order chi connectivity index (χ1) is 14.0. The van der Waals surface area contributed by atoms with Crippen LogP contribution in [0.25, 0.3) is 0 Å². The number of nitrogens with one attached hydrogen (secondary N) is 1. The predicted octanol–water partition coefficient (Wildman–Crippen LogP) is 4.55. The van der Waals surface area contributed by atoms with Gasteiger partial charge in [0.1, 0.15) is 0 Å². The highest BCUT2D eigenvalue weighted by Crippen LogP contribution is 2.30. The quantitative estimate of drug-likeness (QED) is 0.593. The minimum Gasteiger partial charge on any atom is -0.298 e. The number of amides is 1. The van der Waals surface area contributed by atoms with Gasteiger partial charge in [0.25, 0.3) is 5.91 Å². The van der Waals surface area contributed by atoms with Crippen molar-refractivity contribution in [1.29, 1.82) is 0 Å². The van der Waals surface area contributed by atoms with Crippen LogP contribution in [0.3, 0.4) is 0 Å². The second kappa shape index (κ2) is 8.57. The van der Waals surface area contributed by atoms with E-state index in [0.717, 1.165) is 18.4 Å². The first-order valence-corrected chi connectivity index (χ1v) is 11.6. The van der Waals surface area contributed by atoms with Crippen LogP contribution in [0.15, 0.2) is 54.7 Å². The van der Waals surface area contributed by atoms with Crippen molar-refractivity contribution in [3.05, 3.63) is 81.9 Å². The Morgan fingerprint density at radius 1 is 1.10 bits per heavy atom. The molecule has 1 aromatic heterocycles. The summed E-state index contributed by atoms with van der Waals surface area (Å²) in [7, 11) is -3.16. The second-order valence-electron chi connectivity index (χ2n) is 6.73. The third-order valence-corrected chi connectivity index (χ3v) is 5.82. The Morgan fingerprint density at radius 3 is 2.43 bits per heavy atom. The molecule has 30 heavy (non-hydrogen) atoms. The predicted molar refractivity (Wildman–Crippen MR) is 109 cm³/mol. The molecule has 1 amide bonds. The minimum atomic E-state index is -4.40. The number of halogens is 3. The lowest BCUT2D eigenvalue weighted by Gasteiger charge is -2.07. The van der Waals surface area contributed by atoms with E-state index in [1.165, 1.54) is 35.7 Å². The molecule has 158 valence electrons. The Bertz CT molecular complexity index is 1150. The highest BCUT2D eigenvalue weighted by Gasteiger charge is 2.30. The maximum Gasteiger partial charge on any atom is 0.416 e. The van der Waals surface area contributed by atoms with Crippen molar-refractivity contribution in [3.63, 3.8) is 0 Å². The number of hydrogen-bond donors (Lipinski definition) is 1. The van der Waals surface area contributed by atoms with E-state index in [4.69, 9.17) is 0 Å². The Kier molecular flexibility index (Phi) is 6.27. The van der Waals surface area contributed by atoms with Gasteiger partial charge in [0.2, 0.25) is 0 Å². The zero-order valence-electron chi connectivity index (χ0n) is 15.7. The Hall–Kier alpha value is -2.72. The number of nitrogens with zero attached hydrogens (tertiary/aromatic N) is 1. The van der Waals surface area contributed by atoms with Crippen LogP contribution in [-0.2, 0) is 28.2 Å². The second-order valence-corrected chi connectivity index (χ2v) is 9.98. The maximum atomic E-state index is 12.8. The fourth-order valence-electron chi connectivity index (χ4n) is 2.73. The molecule has 0 aliphatic heterocycles. The molecular weight excluding hydrogens is 437 g/mol. The molecule has 0 atom stereocenters. The summed E-state index contributed by atoms with van der Waals surface area (Å²) in [6.45, 7) is 0. The SMILES string of the molecule is CS(=O)(=O)Cc1ccc(C(=O)Nc2ncc(Cc3cccc(C(F)(F)F)c3)s2)cc1. The number of anilines is 1. The summed E-state index contributed by atoms with van der Waals surface area (Å²) in [6, 6.07) is 11.2. The first kappa shape index (κ1) is 22.0. The normalized spacial score (nSPS) is 12.0. The number of hydrogen-bond acceptors (Lipinski definition) is 5. The van der Waals surface area contributed by atoms with Crippen LogP contribution in [0.4, 0.5) is 18.3 Å². The molecule has 2 aromatic carbocycles. The number of carbonyl (C=O) groups excluding carboxylic acids is 1. The summed E-state index contributed by atoms with van der Waals surface area (Å²) in [5, 5.41) is 2.96. The monoisotopic (exact) mass is 454 g/mol. The maximum absolute atomic E-state index is 12.8. The molecule has 0 aliphatic carbocycles. The first-order valence-electron chi connectivity index (χ1n) is 8.68. The van der Waals surface area contributed by atoms with Gasteiger partial charge in [-0.25, -0.2) is 13.4 Å². The van der Waals surface area contributed by atoms with E-state index >= 15 is 0 Å². The molecule has 0 radical (unpaired) electrons. The molecule has 0 aliphatic rings. The molecule has 1 N–H and O–H groups in total. The van der Waals surface area contributed by atoms with E-state index in [2.05, 4.69) is 10.3 Å². The summed E-state index contributed by atoms with van der Waals surface area (Å²) in [5.74, 6) is -0.527. The number of aromatic nitrogens is 1. The average Bonchev–Trinajstić information content (AvgIpc) is 3.07.